The Bertz CT molecular complexity index is 1270. The zero-order valence-electron chi connectivity index (χ0n) is 15.1. The molecule has 2 heterocycles. The fourth-order valence-corrected chi connectivity index (χ4v) is 4.56. The van der Waals surface area contributed by atoms with Gasteiger partial charge in [-0.25, -0.2) is 27.5 Å². The Labute approximate surface area is 172 Å². The number of hydrogen-bond acceptors (Lipinski definition) is 4. The van der Waals surface area contributed by atoms with E-state index in [2.05, 4.69) is 14.7 Å². The molecule has 0 atom stereocenters. The first kappa shape index (κ1) is 19.5. The summed E-state index contributed by atoms with van der Waals surface area (Å²) in [6.45, 7) is 0.383. The lowest BCUT2D eigenvalue weighted by atomic mass is 10.2. The van der Waals surface area contributed by atoms with Crippen LogP contribution in [0.2, 0.25) is 5.02 Å². The van der Waals surface area contributed by atoms with Crippen LogP contribution in [0.1, 0.15) is 0 Å². The van der Waals surface area contributed by atoms with E-state index in [0.29, 0.717) is 22.6 Å². The fraction of sp³-hybridized carbons (Fsp3) is 0.100. The van der Waals surface area contributed by atoms with Crippen molar-refractivity contribution in [3.05, 3.63) is 77.7 Å². The summed E-state index contributed by atoms with van der Waals surface area (Å²) in [4.78, 5) is 8.96. The van der Waals surface area contributed by atoms with Gasteiger partial charge in [-0.1, -0.05) is 23.7 Å². The second kappa shape index (κ2) is 7.90. The van der Waals surface area contributed by atoms with E-state index in [1.165, 1.54) is 24.3 Å². The number of hydrogen-bond donors (Lipinski definition) is 1. The molecule has 9 heteroatoms. The van der Waals surface area contributed by atoms with Crippen LogP contribution in [0, 0.1) is 5.82 Å². The largest absolute Gasteiger partial charge is 0.307 e. The van der Waals surface area contributed by atoms with Crippen LogP contribution in [0.15, 0.2) is 71.8 Å². The predicted octanol–water partition coefficient (Wildman–Crippen LogP) is 3.87. The van der Waals surface area contributed by atoms with Gasteiger partial charge in [0.1, 0.15) is 22.1 Å². The van der Waals surface area contributed by atoms with Gasteiger partial charge in [0.15, 0.2) is 5.65 Å². The van der Waals surface area contributed by atoms with Crippen molar-refractivity contribution in [2.24, 2.45) is 0 Å². The van der Waals surface area contributed by atoms with Gasteiger partial charge in [-0.15, -0.1) is 0 Å². The van der Waals surface area contributed by atoms with E-state index >= 15 is 0 Å². The summed E-state index contributed by atoms with van der Waals surface area (Å²) in [6.07, 6.45) is 1.64. The van der Waals surface area contributed by atoms with Gasteiger partial charge in [-0.05, 0) is 48.5 Å². The van der Waals surface area contributed by atoms with Crippen molar-refractivity contribution >= 4 is 32.8 Å². The molecule has 0 saturated heterocycles. The van der Waals surface area contributed by atoms with Crippen LogP contribution in [0.25, 0.3) is 22.6 Å². The standard InChI is InChI=1S/C20H16ClFN4O2S/c21-16-4-1-2-6-18(16)29(27,28)24-12-13-26-19(14-7-9-15(22)10-8-14)25-17-5-3-11-23-20(17)26/h1-11,24H,12-13H2. The Hall–Kier alpha value is -2.81. The van der Waals surface area contributed by atoms with Gasteiger partial charge in [0.25, 0.3) is 0 Å². The highest BCUT2D eigenvalue weighted by molar-refractivity contribution is 7.89. The number of pyridine rings is 1. The number of sulfonamides is 1. The van der Waals surface area contributed by atoms with E-state index in [9.17, 15) is 12.8 Å². The van der Waals surface area contributed by atoms with Crippen LogP contribution in [-0.2, 0) is 16.6 Å². The van der Waals surface area contributed by atoms with E-state index in [4.69, 9.17) is 11.6 Å². The van der Waals surface area contributed by atoms with Crippen molar-refractivity contribution in [3.63, 3.8) is 0 Å². The monoisotopic (exact) mass is 430 g/mol. The highest BCUT2D eigenvalue weighted by atomic mass is 35.5. The number of benzene rings is 2. The van der Waals surface area contributed by atoms with E-state index in [0.717, 1.165) is 0 Å². The SMILES string of the molecule is O=S(=O)(NCCn1c(-c2ccc(F)cc2)nc2cccnc21)c1ccccc1Cl. The summed E-state index contributed by atoms with van der Waals surface area (Å²) in [5, 5.41) is 0.154. The average molecular weight is 431 g/mol. The summed E-state index contributed by atoms with van der Waals surface area (Å²) in [7, 11) is -3.77. The molecule has 0 saturated carbocycles. The molecule has 2 aromatic carbocycles. The third-order valence-corrected chi connectivity index (χ3v) is 6.32. The van der Waals surface area contributed by atoms with Crippen molar-refractivity contribution < 1.29 is 12.8 Å². The molecule has 0 fully saturated rings. The molecule has 0 aliphatic carbocycles. The highest BCUT2D eigenvalue weighted by Crippen LogP contribution is 2.24. The van der Waals surface area contributed by atoms with Gasteiger partial charge >= 0.3 is 0 Å². The minimum absolute atomic E-state index is 0.0223. The Morgan fingerprint density at radius 1 is 1.03 bits per heavy atom. The predicted molar refractivity (Wildman–Crippen MR) is 110 cm³/mol. The molecular weight excluding hydrogens is 415 g/mol. The number of nitrogens with one attached hydrogen (secondary N) is 1. The Kier molecular flexibility index (Phi) is 5.31. The summed E-state index contributed by atoms with van der Waals surface area (Å²) in [5.41, 5.74) is 1.99. The number of rotatable bonds is 6. The fourth-order valence-electron chi connectivity index (χ4n) is 3.02. The van der Waals surface area contributed by atoms with Gasteiger partial charge in [-0.3, -0.25) is 0 Å². The average Bonchev–Trinajstić information content (AvgIpc) is 3.07. The van der Waals surface area contributed by atoms with E-state index in [-0.39, 0.29) is 28.8 Å². The Balaban J connectivity index is 1.63. The number of halogens is 2. The zero-order valence-corrected chi connectivity index (χ0v) is 16.7. The van der Waals surface area contributed by atoms with Crippen molar-refractivity contribution in [2.75, 3.05) is 6.54 Å². The maximum Gasteiger partial charge on any atom is 0.242 e. The van der Waals surface area contributed by atoms with E-state index in [1.807, 2.05) is 6.07 Å². The maximum absolute atomic E-state index is 13.3. The van der Waals surface area contributed by atoms with Crippen molar-refractivity contribution in [1.82, 2.24) is 19.3 Å². The molecule has 148 valence electrons. The third kappa shape index (κ3) is 4.00. The topological polar surface area (TPSA) is 76.9 Å². The number of nitrogens with zero attached hydrogens (tertiary/aromatic N) is 3. The first-order valence-corrected chi connectivity index (χ1v) is 10.6. The molecule has 0 amide bonds. The second-order valence-corrected chi connectivity index (χ2v) is 8.41. The molecule has 0 aliphatic rings. The van der Waals surface area contributed by atoms with Gasteiger partial charge in [0.05, 0.1) is 5.02 Å². The van der Waals surface area contributed by atoms with E-state index < -0.39 is 10.0 Å². The molecular formula is C20H16ClFN4O2S. The first-order valence-electron chi connectivity index (χ1n) is 8.77. The molecule has 0 bridgehead atoms. The summed E-state index contributed by atoms with van der Waals surface area (Å²) in [5.74, 6) is 0.234. The lowest BCUT2D eigenvalue weighted by Gasteiger charge is -2.11. The molecule has 2 aromatic heterocycles. The number of imidazole rings is 1. The molecule has 0 radical (unpaired) electrons. The van der Waals surface area contributed by atoms with Gasteiger partial charge < -0.3 is 4.57 Å². The van der Waals surface area contributed by atoms with Crippen LogP contribution in [0.3, 0.4) is 0 Å². The normalized spacial score (nSPS) is 11.8. The van der Waals surface area contributed by atoms with Crippen molar-refractivity contribution in [2.45, 2.75) is 11.4 Å². The minimum Gasteiger partial charge on any atom is -0.307 e. The lowest BCUT2D eigenvalue weighted by molar-refractivity contribution is 0.574. The van der Waals surface area contributed by atoms with Crippen molar-refractivity contribution in [1.29, 1.82) is 0 Å². The minimum atomic E-state index is -3.77. The third-order valence-electron chi connectivity index (χ3n) is 4.36. The Morgan fingerprint density at radius 3 is 2.55 bits per heavy atom. The number of fused-ring (bicyclic) bond motifs is 1. The van der Waals surface area contributed by atoms with E-state index in [1.54, 1.807) is 41.1 Å². The molecule has 1 N–H and O–H groups in total. The number of aromatic nitrogens is 3. The summed E-state index contributed by atoms with van der Waals surface area (Å²) in [6, 6.07) is 15.8. The molecule has 4 aromatic rings. The second-order valence-electron chi connectivity index (χ2n) is 6.27. The van der Waals surface area contributed by atoms with Crippen molar-refractivity contribution in [3.8, 4) is 11.4 Å². The maximum atomic E-state index is 13.3. The van der Waals surface area contributed by atoms with Crippen LogP contribution in [-0.4, -0.2) is 29.5 Å². The molecule has 6 nitrogen and oxygen atoms in total. The van der Waals surface area contributed by atoms with Gasteiger partial charge in [0.2, 0.25) is 10.0 Å². The summed E-state index contributed by atoms with van der Waals surface area (Å²) >= 11 is 6.01. The molecule has 0 spiro atoms. The molecule has 4 rings (SSSR count). The summed E-state index contributed by atoms with van der Waals surface area (Å²) < 4.78 is 42.8. The van der Waals surface area contributed by atoms with Crippen LogP contribution in [0.4, 0.5) is 4.39 Å². The van der Waals surface area contributed by atoms with Gasteiger partial charge in [0, 0.05) is 24.8 Å². The highest BCUT2D eigenvalue weighted by Gasteiger charge is 2.18. The molecule has 29 heavy (non-hydrogen) atoms. The zero-order chi connectivity index (χ0) is 20.4. The van der Waals surface area contributed by atoms with Crippen LogP contribution < -0.4 is 4.72 Å². The molecule has 0 aliphatic heterocycles. The lowest BCUT2D eigenvalue weighted by Crippen LogP contribution is -2.28. The smallest absolute Gasteiger partial charge is 0.242 e. The Morgan fingerprint density at radius 2 is 1.79 bits per heavy atom. The first-order chi connectivity index (χ1) is 14.0. The quantitative estimate of drug-likeness (QED) is 0.503. The van der Waals surface area contributed by atoms with Gasteiger partial charge in [-0.2, -0.15) is 0 Å². The van der Waals surface area contributed by atoms with Crippen LogP contribution in [0.5, 0.6) is 0 Å². The molecule has 0 unspecified atom stereocenters. The van der Waals surface area contributed by atoms with Crippen LogP contribution >= 0.6 is 11.6 Å².